The van der Waals surface area contributed by atoms with Crippen molar-refractivity contribution >= 4 is 44.3 Å². The second-order valence-electron chi connectivity index (χ2n) is 3.58. The summed E-state index contributed by atoms with van der Waals surface area (Å²) in [5, 5.41) is 2.71. The van der Waals surface area contributed by atoms with Gasteiger partial charge in [0.15, 0.2) is 0 Å². The van der Waals surface area contributed by atoms with Gasteiger partial charge < -0.3 is 4.42 Å². The van der Waals surface area contributed by atoms with Crippen molar-refractivity contribution in [1.82, 2.24) is 0 Å². The largest absolute Gasteiger partial charge is 0.462 e. The van der Waals surface area contributed by atoms with Crippen molar-refractivity contribution < 1.29 is 4.42 Å². The van der Waals surface area contributed by atoms with Crippen molar-refractivity contribution in [2.24, 2.45) is 0 Å². The molecule has 0 spiro atoms. The van der Waals surface area contributed by atoms with E-state index in [0.717, 1.165) is 10.8 Å². The summed E-state index contributed by atoms with van der Waals surface area (Å²) in [6.07, 6.45) is 1.51. The van der Waals surface area contributed by atoms with E-state index in [0.29, 0.717) is 14.5 Å². The van der Waals surface area contributed by atoms with Gasteiger partial charge in [-0.25, -0.2) is 0 Å². The van der Waals surface area contributed by atoms with Gasteiger partial charge in [-0.2, -0.15) is 0 Å². The van der Waals surface area contributed by atoms with E-state index in [1.54, 1.807) is 0 Å². The molecule has 0 bridgehead atoms. The van der Waals surface area contributed by atoms with Gasteiger partial charge in [-0.15, -0.1) is 0 Å². The van der Waals surface area contributed by atoms with Crippen molar-refractivity contribution in [3.05, 3.63) is 56.5 Å². The molecule has 0 amide bonds. The van der Waals surface area contributed by atoms with Gasteiger partial charge in [0.25, 0.3) is 0 Å². The molecule has 0 atom stereocenters. The third-order valence-corrected chi connectivity index (χ3v) is 3.37. The molecule has 0 saturated carbocycles. The monoisotopic (exact) mass is 322 g/mol. The first kappa shape index (κ1) is 9.84. The molecule has 0 aliphatic carbocycles. The lowest BCUT2D eigenvalue weighted by Crippen LogP contribution is -2.04. The minimum Gasteiger partial charge on any atom is -0.462 e. The summed E-state index contributed by atoms with van der Waals surface area (Å²) in [4.78, 5) is 11.9. The quantitative estimate of drug-likeness (QED) is 0.468. The number of rotatable bonds is 0. The Morgan fingerprint density at radius 2 is 1.81 bits per heavy atom. The molecule has 16 heavy (non-hydrogen) atoms. The first-order valence-electron chi connectivity index (χ1n) is 4.86. The average Bonchev–Trinajstić information content (AvgIpc) is 2.33. The molecule has 1 aromatic heterocycles. The van der Waals surface area contributed by atoms with Crippen molar-refractivity contribution in [2.45, 2.75) is 0 Å². The van der Waals surface area contributed by atoms with Crippen LogP contribution in [0.3, 0.4) is 0 Å². The lowest BCUT2D eigenvalue weighted by molar-refractivity contribution is 0.601. The zero-order valence-corrected chi connectivity index (χ0v) is 10.4. The molecule has 0 N–H and O–H groups in total. The molecule has 2 nitrogen and oxygen atoms in total. The van der Waals surface area contributed by atoms with Crippen molar-refractivity contribution in [3.63, 3.8) is 0 Å². The van der Waals surface area contributed by atoms with Crippen molar-refractivity contribution in [3.8, 4) is 0 Å². The van der Waals surface area contributed by atoms with E-state index in [-0.39, 0.29) is 5.43 Å². The highest BCUT2D eigenvalue weighted by Gasteiger charge is 2.07. The van der Waals surface area contributed by atoms with Crippen LogP contribution in [0.1, 0.15) is 0 Å². The Balaban J connectivity index is 2.63. The zero-order chi connectivity index (χ0) is 11.1. The first-order valence-corrected chi connectivity index (χ1v) is 5.94. The van der Waals surface area contributed by atoms with Gasteiger partial charge in [-0.1, -0.05) is 30.3 Å². The summed E-state index contributed by atoms with van der Waals surface area (Å²) in [6, 6.07) is 11.7. The van der Waals surface area contributed by atoms with Gasteiger partial charge in [0.2, 0.25) is 5.43 Å². The van der Waals surface area contributed by atoms with Gasteiger partial charge in [0.05, 0.1) is 8.96 Å². The van der Waals surface area contributed by atoms with Crippen LogP contribution >= 0.6 is 22.6 Å². The van der Waals surface area contributed by atoms with E-state index in [9.17, 15) is 4.79 Å². The van der Waals surface area contributed by atoms with Crippen LogP contribution in [0, 0.1) is 3.57 Å². The van der Waals surface area contributed by atoms with E-state index >= 15 is 0 Å². The van der Waals surface area contributed by atoms with Gasteiger partial charge >= 0.3 is 0 Å². The molecule has 3 heteroatoms. The van der Waals surface area contributed by atoms with Crippen molar-refractivity contribution in [2.75, 3.05) is 0 Å². The van der Waals surface area contributed by atoms with E-state index in [1.807, 2.05) is 59.0 Å². The molecule has 0 saturated heterocycles. The minimum absolute atomic E-state index is 0.0348. The smallest absolute Gasteiger partial charge is 0.206 e. The predicted octanol–water partition coefficient (Wildman–Crippen LogP) is 3.55. The number of benzene rings is 2. The van der Waals surface area contributed by atoms with E-state index in [2.05, 4.69) is 0 Å². The first-order chi connectivity index (χ1) is 7.77. The Morgan fingerprint density at radius 3 is 2.69 bits per heavy atom. The maximum Gasteiger partial charge on any atom is 0.206 e. The molecule has 2 aromatic carbocycles. The van der Waals surface area contributed by atoms with Crippen LogP contribution in [0.4, 0.5) is 0 Å². The van der Waals surface area contributed by atoms with Crippen LogP contribution in [0.5, 0.6) is 0 Å². The lowest BCUT2D eigenvalue weighted by Gasteiger charge is -2.02. The van der Waals surface area contributed by atoms with Crippen LogP contribution in [-0.4, -0.2) is 0 Å². The lowest BCUT2D eigenvalue weighted by atomic mass is 10.1. The van der Waals surface area contributed by atoms with Crippen molar-refractivity contribution in [1.29, 1.82) is 0 Å². The molecule has 0 radical (unpaired) electrons. The fourth-order valence-electron chi connectivity index (χ4n) is 1.84. The predicted molar refractivity (Wildman–Crippen MR) is 72.7 cm³/mol. The maximum absolute atomic E-state index is 11.9. The van der Waals surface area contributed by atoms with Gasteiger partial charge in [0, 0.05) is 5.39 Å². The summed E-state index contributed by atoms with van der Waals surface area (Å²) in [7, 11) is 0. The third kappa shape index (κ3) is 1.35. The molecule has 0 unspecified atom stereocenters. The number of halogens is 1. The fourth-order valence-corrected chi connectivity index (χ4v) is 2.26. The third-order valence-electron chi connectivity index (χ3n) is 2.62. The Hall–Kier alpha value is -1.36. The summed E-state index contributed by atoms with van der Waals surface area (Å²) in [5.74, 6) is 0. The standard InChI is InChI=1S/C13H7IO2/c14-11-7-16-13-9-4-2-1-3-8(9)5-6-10(13)12(11)15/h1-7H. The molecular weight excluding hydrogens is 315 g/mol. The Morgan fingerprint density at radius 1 is 1.00 bits per heavy atom. The van der Waals surface area contributed by atoms with Gasteiger partial charge in [-0.3, -0.25) is 4.79 Å². The summed E-state index contributed by atoms with van der Waals surface area (Å²) in [6.45, 7) is 0. The molecule has 3 aromatic rings. The highest BCUT2D eigenvalue weighted by Crippen LogP contribution is 2.23. The SMILES string of the molecule is O=c1c(I)coc2c1ccc1ccccc12. The topological polar surface area (TPSA) is 30.2 Å². The second kappa shape index (κ2) is 3.59. The second-order valence-corrected chi connectivity index (χ2v) is 4.74. The summed E-state index contributed by atoms with van der Waals surface area (Å²) >= 11 is 1.99. The Labute approximate surface area is 105 Å². The molecule has 0 aliphatic rings. The fraction of sp³-hybridized carbons (Fsp3) is 0. The van der Waals surface area contributed by atoms with Crippen LogP contribution in [0.25, 0.3) is 21.7 Å². The summed E-state index contributed by atoms with van der Waals surface area (Å²) in [5.41, 5.74) is 0.705. The highest BCUT2D eigenvalue weighted by molar-refractivity contribution is 14.1. The molecule has 0 fully saturated rings. The van der Waals surface area contributed by atoms with Crippen LogP contribution in [-0.2, 0) is 0 Å². The van der Waals surface area contributed by atoms with Gasteiger partial charge in [-0.05, 0) is 34.0 Å². The van der Waals surface area contributed by atoms with Crippen LogP contribution in [0.2, 0.25) is 0 Å². The normalized spacial score (nSPS) is 11.1. The molecule has 3 rings (SSSR count). The van der Waals surface area contributed by atoms with Crippen LogP contribution < -0.4 is 5.43 Å². The number of fused-ring (bicyclic) bond motifs is 3. The molecular formula is C13H7IO2. The minimum atomic E-state index is 0.0348. The highest BCUT2D eigenvalue weighted by atomic mass is 127. The van der Waals surface area contributed by atoms with Crippen LogP contribution in [0.15, 0.2) is 51.9 Å². The Bertz CT molecular complexity index is 744. The molecule has 1 heterocycles. The summed E-state index contributed by atoms with van der Waals surface area (Å²) < 4.78 is 6.14. The molecule has 78 valence electrons. The van der Waals surface area contributed by atoms with E-state index in [4.69, 9.17) is 4.42 Å². The zero-order valence-electron chi connectivity index (χ0n) is 8.24. The number of hydrogen-bond acceptors (Lipinski definition) is 2. The van der Waals surface area contributed by atoms with E-state index < -0.39 is 0 Å². The average molecular weight is 322 g/mol. The molecule has 0 aliphatic heterocycles. The Kier molecular flexibility index (Phi) is 2.21. The van der Waals surface area contributed by atoms with Gasteiger partial charge in [0.1, 0.15) is 11.8 Å². The van der Waals surface area contributed by atoms with E-state index in [1.165, 1.54) is 6.26 Å². The number of hydrogen-bond donors (Lipinski definition) is 0. The maximum atomic E-state index is 11.9.